The standard InChI is InChI=1S/C15H13IO2.C9H10O2.C6H5IO.4C2H6.I3.I2.HI/c16-12-8-4-5-9-13(12)18-15(14-10-17-14)11-6-2-1-3-7-11;10-9(8-6-11-8)7-4-2-1-3-5-7;7-5-3-1-2-4-6(5)8;4*1-2;1-3-2;1-2;/h1-9,14-15H,10H2;1-5,8-10H,6H2;1-4,8H;4*1-2H3;;;1H/q;;;;;;;-1;;. The summed E-state index contributed by atoms with van der Waals surface area (Å²) in [5.74, 6) is 1.27. The van der Waals surface area contributed by atoms with Crippen molar-refractivity contribution in [3.05, 3.63) is 127 Å². The fraction of sp³-hybridized carbons (Fsp3) is 0.368. The number of benzene rings is 4. The minimum atomic E-state index is -0.434. The number of hydrogen-bond donors (Lipinski definition) is 2. The molecule has 4 aromatic rings. The number of phenolic OH excluding ortho intramolecular Hbond substituents is 1. The van der Waals surface area contributed by atoms with Crippen LogP contribution in [0, 0.1) is 7.14 Å². The summed E-state index contributed by atoms with van der Waals surface area (Å²) < 4.78 is 18.5. The molecule has 2 N–H and O–H groups in total. The van der Waals surface area contributed by atoms with E-state index < -0.39 is 6.10 Å². The molecule has 2 saturated heterocycles. The molecule has 5 nitrogen and oxygen atoms in total. The van der Waals surface area contributed by atoms with Gasteiger partial charge >= 0.3 is 50.5 Å². The number of phenols is 1. The predicted molar refractivity (Wildman–Crippen MR) is 278 cm³/mol. The van der Waals surface area contributed by atoms with Gasteiger partial charge in [-0.2, -0.15) is 0 Å². The van der Waals surface area contributed by atoms with Crippen LogP contribution in [0.1, 0.15) is 78.7 Å². The van der Waals surface area contributed by atoms with Crippen molar-refractivity contribution in [2.45, 2.75) is 79.8 Å². The number of aliphatic hydroxyl groups excluding tert-OH is 1. The predicted octanol–water partition coefficient (Wildman–Crippen LogP) is 12.2. The minimum Gasteiger partial charge on any atom is -0.507 e. The average molecular weight is 1610 g/mol. The molecule has 6 rings (SSSR count). The smallest absolute Gasteiger partial charge is 0.152 e. The summed E-state index contributed by atoms with van der Waals surface area (Å²) in [5, 5.41) is 18.4. The van der Waals surface area contributed by atoms with Crippen LogP contribution in [0.4, 0.5) is 0 Å². The summed E-state index contributed by atoms with van der Waals surface area (Å²) in [7, 11) is 0. The Morgan fingerprint density at radius 1 is 0.608 bits per heavy atom. The van der Waals surface area contributed by atoms with E-state index in [1.807, 2.05) is 140 Å². The number of aromatic hydroxyl groups is 1. The maximum absolute atomic E-state index is 9.54. The van der Waals surface area contributed by atoms with E-state index in [9.17, 15) is 5.11 Å². The monoisotopic (exact) mass is 1600 g/mol. The van der Waals surface area contributed by atoms with Crippen molar-refractivity contribution < 1.29 is 37.7 Å². The van der Waals surface area contributed by atoms with Gasteiger partial charge in [0.25, 0.3) is 0 Å². The van der Waals surface area contributed by atoms with Crippen LogP contribution >= 0.6 is 144 Å². The quantitative estimate of drug-likeness (QED) is 0.149. The van der Waals surface area contributed by atoms with Crippen LogP contribution in [0.2, 0.25) is 0 Å². The Morgan fingerprint density at radius 3 is 1.31 bits per heavy atom. The van der Waals surface area contributed by atoms with Gasteiger partial charge in [-0.05, 0) is 80.6 Å². The second-order valence-electron chi connectivity index (χ2n) is 8.48. The SMILES string of the molecule is CC.CC.CC.CC.I.II.I[I-]I.Ic1ccccc1OC(c1ccccc1)C1CO1.OC(c1ccccc1)C1CO1.Oc1ccccc1I. The summed E-state index contributed by atoms with van der Waals surface area (Å²) in [4.78, 5) is 0. The molecular weight excluding hydrogens is 1550 g/mol. The molecule has 4 atom stereocenters. The van der Waals surface area contributed by atoms with E-state index in [-0.39, 0.29) is 42.3 Å². The normalized spacial score (nSPS) is 14.6. The molecule has 13 heteroatoms. The van der Waals surface area contributed by atoms with E-state index >= 15 is 0 Å². The first kappa shape index (κ1) is 59.9. The fourth-order valence-corrected chi connectivity index (χ4v) is 4.37. The molecular formula is C38H53I8O5-. The molecule has 0 amide bonds. The summed E-state index contributed by atoms with van der Waals surface area (Å²) in [5.41, 5.74) is 2.11. The van der Waals surface area contributed by atoms with Gasteiger partial charge in [-0.25, -0.2) is 0 Å². The Labute approximate surface area is 406 Å². The van der Waals surface area contributed by atoms with Crippen LogP contribution in [0.3, 0.4) is 0 Å². The Kier molecular flexibility index (Phi) is 50.9. The molecule has 2 fully saturated rings. The van der Waals surface area contributed by atoms with Crippen molar-refractivity contribution in [2.75, 3.05) is 13.2 Å². The van der Waals surface area contributed by atoms with Crippen molar-refractivity contribution in [3.8, 4) is 11.5 Å². The Hall–Kier alpha value is 2.20. The Balaban J connectivity index is -0.000000290. The molecule has 4 aromatic carbocycles. The van der Waals surface area contributed by atoms with E-state index in [0.29, 0.717) is 25.6 Å². The van der Waals surface area contributed by atoms with Gasteiger partial charge in [-0.15, -0.1) is 24.0 Å². The van der Waals surface area contributed by atoms with Gasteiger partial charge in [0, 0.05) is 37.2 Å². The van der Waals surface area contributed by atoms with Gasteiger partial charge in [0.2, 0.25) is 0 Å². The van der Waals surface area contributed by atoms with Crippen LogP contribution in [0.25, 0.3) is 0 Å². The van der Waals surface area contributed by atoms with Gasteiger partial charge < -0.3 is 24.4 Å². The summed E-state index contributed by atoms with van der Waals surface area (Å²) in [6, 6.07) is 35.1. The molecule has 2 aliphatic heterocycles. The van der Waals surface area contributed by atoms with E-state index in [1.54, 1.807) is 12.1 Å². The molecule has 2 heterocycles. The number of para-hydroxylation sites is 2. The molecule has 0 aromatic heterocycles. The van der Waals surface area contributed by atoms with Crippen molar-refractivity contribution in [1.82, 2.24) is 0 Å². The van der Waals surface area contributed by atoms with E-state index in [2.05, 4.69) is 132 Å². The second kappa shape index (κ2) is 43.3. The second-order valence-corrected chi connectivity index (χ2v) is 27.1. The third kappa shape index (κ3) is 30.0. The van der Waals surface area contributed by atoms with Gasteiger partial charge in [-0.3, -0.25) is 0 Å². The van der Waals surface area contributed by atoms with Gasteiger partial charge in [-0.1, -0.05) is 140 Å². The molecule has 0 radical (unpaired) electrons. The van der Waals surface area contributed by atoms with Gasteiger partial charge in [0.1, 0.15) is 29.8 Å². The molecule has 4 unspecified atom stereocenters. The van der Waals surface area contributed by atoms with Crippen molar-refractivity contribution in [3.63, 3.8) is 0 Å². The molecule has 292 valence electrons. The van der Waals surface area contributed by atoms with E-state index in [4.69, 9.17) is 19.3 Å². The van der Waals surface area contributed by atoms with Crippen LogP contribution in [-0.2, 0) is 9.47 Å². The third-order valence-corrected chi connectivity index (χ3v) is 7.42. The number of hydrogen-bond acceptors (Lipinski definition) is 5. The summed E-state index contributed by atoms with van der Waals surface area (Å²) in [6.07, 6.45) is -0.223. The van der Waals surface area contributed by atoms with E-state index in [1.165, 1.54) is 5.56 Å². The number of epoxide rings is 2. The zero-order valence-corrected chi connectivity index (χ0v) is 47.7. The Bertz CT molecular complexity index is 1250. The van der Waals surface area contributed by atoms with E-state index in [0.717, 1.165) is 25.1 Å². The molecule has 0 saturated carbocycles. The molecule has 0 bridgehead atoms. The van der Waals surface area contributed by atoms with Crippen LogP contribution in [-0.4, -0.2) is 35.6 Å². The molecule has 0 aliphatic carbocycles. The molecule has 0 spiro atoms. The minimum absolute atomic E-state index is 0. The van der Waals surface area contributed by atoms with Crippen LogP contribution in [0.5, 0.6) is 11.5 Å². The molecule has 2 aliphatic rings. The van der Waals surface area contributed by atoms with Crippen molar-refractivity contribution in [1.29, 1.82) is 0 Å². The largest absolute Gasteiger partial charge is 0.507 e. The summed E-state index contributed by atoms with van der Waals surface area (Å²) >= 11 is 13.9. The molecule has 51 heavy (non-hydrogen) atoms. The average Bonchev–Trinajstić information content (AvgIpc) is 4.13. The van der Waals surface area contributed by atoms with Crippen LogP contribution in [0.15, 0.2) is 109 Å². The zero-order valence-electron chi connectivity index (χ0n) is 30.3. The first-order valence-corrected chi connectivity index (χ1v) is 37.3. The number of aliphatic hydroxyl groups is 1. The first-order chi connectivity index (χ1) is 24.4. The van der Waals surface area contributed by atoms with Crippen molar-refractivity contribution in [2.24, 2.45) is 0 Å². The maximum Gasteiger partial charge on any atom is 0.152 e. The fourth-order valence-electron chi connectivity index (χ4n) is 3.46. The third-order valence-electron chi connectivity index (χ3n) is 5.62. The van der Waals surface area contributed by atoms with Crippen LogP contribution < -0.4 is 18.0 Å². The number of rotatable bonds is 6. The van der Waals surface area contributed by atoms with Gasteiger partial charge in [0.15, 0.2) is 6.10 Å². The topological polar surface area (TPSA) is 74.8 Å². The van der Waals surface area contributed by atoms with Crippen molar-refractivity contribution >= 4 is 144 Å². The Morgan fingerprint density at radius 2 is 0.961 bits per heavy atom. The first-order valence-electron chi connectivity index (χ1n) is 16.3. The zero-order chi connectivity index (χ0) is 38.7. The summed E-state index contributed by atoms with van der Waals surface area (Å²) in [6.45, 7) is 17.5. The number of halogens is 8. The maximum atomic E-state index is 9.54. The number of ether oxygens (including phenoxy) is 3. The van der Waals surface area contributed by atoms with Gasteiger partial charge in [0.05, 0.1) is 20.4 Å².